The summed E-state index contributed by atoms with van der Waals surface area (Å²) in [6.07, 6.45) is 0. The second-order valence-corrected chi connectivity index (χ2v) is 0. The minimum absolute atomic E-state index is 0. The maximum atomic E-state index is 0. The first-order valence-electron chi connectivity index (χ1n) is 0. The summed E-state index contributed by atoms with van der Waals surface area (Å²) in [6, 6.07) is 0. The Kier molecular flexibility index (Phi) is 3650. The van der Waals surface area contributed by atoms with Crippen LogP contribution in [0.2, 0.25) is 0 Å². The Labute approximate surface area is 79.4 Å². The molecule has 0 aliphatic heterocycles. The van der Waals surface area contributed by atoms with Crippen LogP contribution in [-0.4, -0.2) is 79.8 Å². The first kappa shape index (κ1) is 196. The van der Waals surface area contributed by atoms with E-state index in [9.17, 15) is 0 Å². The molecule has 0 saturated heterocycles. The van der Waals surface area contributed by atoms with Crippen molar-refractivity contribution in [2.45, 2.75) is 0 Å². The van der Waals surface area contributed by atoms with Gasteiger partial charge in [-0.2, -0.15) is 0 Å². The van der Waals surface area contributed by atoms with Crippen LogP contribution in [-0.2, 0) is 0 Å². The van der Waals surface area contributed by atoms with Gasteiger partial charge >= 0.3 is 0 Å². The minimum atomic E-state index is 0. The molecule has 0 aliphatic carbocycles. The Morgan fingerprint density at radius 1 is 0.571 bits per heavy atom. The molecule has 0 atom stereocenters. The second kappa shape index (κ2) is 130. The maximum absolute atomic E-state index is 0. The van der Waals surface area contributed by atoms with Crippen molar-refractivity contribution in [3.05, 3.63) is 0 Å². The molecule has 0 unspecified atom stereocenters. The fourth-order valence-corrected chi connectivity index (χ4v) is 0. The molecule has 0 heterocycles. The molecular weight excluding hydrogens is 142 g/mol. The molecule has 0 aliphatic rings. The molecule has 0 fully saturated rings. The van der Waals surface area contributed by atoms with E-state index in [1.807, 2.05) is 0 Å². The largest absolute Gasteiger partial charge is 0.412 e. The molecule has 7 heavy (non-hydrogen) atoms. The third-order valence-corrected chi connectivity index (χ3v) is 0. The number of rotatable bonds is 0. The molecule has 0 bridgehead atoms. The van der Waals surface area contributed by atoms with Crippen LogP contribution in [0.5, 0.6) is 0 Å². The van der Waals surface area contributed by atoms with E-state index in [0.717, 1.165) is 0 Å². The van der Waals surface area contributed by atoms with Crippen molar-refractivity contribution in [3.8, 4) is 0 Å². The molecule has 0 aromatic heterocycles. The monoisotopic (exact) mass is 150 g/mol. The third kappa shape index (κ3) is 93.9. The second-order valence-electron chi connectivity index (χ2n) is 0. The van der Waals surface area contributed by atoms with Crippen LogP contribution in [0.4, 0.5) is 0 Å². The van der Waals surface area contributed by atoms with E-state index in [-0.39, 0.29) is 79.8 Å². The Hall–Kier alpha value is 1.59. The Bertz CT molecular complexity index is 11.7. The van der Waals surface area contributed by atoms with Gasteiger partial charge in [-0.05, 0) is 0 Å². The first-order chi connectivity index (χ1) is 0. The Morgan fingerprint density at radius 2 is 0.571 bits per heavy atom. The quantitative estimate of drug-likeness (QED) is 0.309. The van der Waals surface area contributed by atoms with Crippen LogP contribution >= 0.6 is 0 Å². The van der Waals surface area contributed by atoms with E-state index in [1.54, 1.807) is 0 Å². The van der Waals surface area contributed by atoms with E-state index >= 15 is 0 Å². The summed E-state index contributed by atoms with van der Waals surface area (Å²) in [5.74, 6) is 0. The fourth-order valence-electron chi connectivity index (χ4n) is 0. The molecule has 0 aromatic rings. The number of hydrogen-bond donors (Lipinski definition) is 0. The van der Waals surface area contributed by atoms with E-state index in [2.05, 4.69) is 0 Å². The maximum Gasteiger partial charge on any atom is 0 e. The van der Waals surface area contributed by atoms with Crippen molar-refractivity contribution in [1.29, 1.82) is 0 Å². The first-order valence-corrected chi connectivity index (χ1v) is 0. The SMILES string of the molecule is O.O.O.O.[Al].[Na].[Si]. The summed E-state index contributed by atoms with van der Waals surface area (Å²) in [4.78, 5) is 0. The summed E-state index contributed by atoms with van der Waals surface area (Å²) in [5.41, 5.74) is 0. The van der Waals surface area contributed by atoms with Gasteiger partial charge in [-0.1, -0.05) is 0 Å². The van der Waals surface area contributed by atoms with Gasteiger partial charge < -0.3 is 21.9 Å². The predicted molar refractivity (Wildman–Crippen MR) is 31.7 cm³/mol. The van der Waals surface area contributed by atoms with Crippen LogP contribution in [0.25, 0.3) is 0 Å². The van der Waals surface area contributed by atoms with Gasteiger partial charge in [-0.15, -0.1) is 0 Å². The fraction of sp³-hybridized carbons (Fsp3) is 0. The van der Waals surface area contributed by atoms with E-state index < -0.39 is 0 Å². The molecule has 0 spiro atoms. The smallest absolute Gasteiger partial charge is 0 e. The molecule has 7 heteroatoms. The molecule has 8 N–H and O–H groups in total. The van der Waals surface area contributed by atoms with Crippen molar-refractivity contribution in [2.24, 2.45) is 0 Å². The third-order valence-electron chi connectivity index (χ3n) is 0. The molecule has 0 rings (SSSR count). The van der Waals surface area contributed by atoms with Gasteiger partial charge in [-0.3, -0.25) is 0 Å². The van der Waals surface area contributed by atoms with Gasteiger partial charge in [0.25, 0.3) is 0 Å². The summed E-state index contributed by atoms with van der Waals surface area (Å²) in [6.45, 7) is 0. The molecule has 0 saturated carbocycles. The van der Waals surface area contributed by atoms with Crippen LogP contribution < -0.4 is 0 Å². The van der Waals surface area contributed by atoms with Gasteiger partial charge in [-0.25, -0.2) is 0 Å². The zero-order chi connectivity index (χ0) is 0. The molecule has 0 amide bonds. The van der Waals surface area contributed by atoms with Crippen LogP contribution in [0.1, 0.15) is 0 Å². The van der Waals surface area contributed by atoms with E-state index in [0.29, 0.717) is 0 Å². The van der Waals surface area contributed by atoms with Crippen LogP contribution in [0.3, 0.4) is 0 Å². The molecular formula is H8AlNaO4Si. The van der Waals surface area contributed by atoms with Crippen LogP contribution in [0, 0.1) is 0 Å². The van der Waals surface area contributed by atoms with Crippen molar-refractivity contribution in [1.82, 2.24) is 0 Å². The van der Waals surface area contributed by atoms with E-state index in [1.165, 1.54) is 0 Å². The van der Waals surface area contributed by atoms with Gasteiger partial charge in [0.15, 0.2) is 0 Å². The van der Waals surface area contributed by atoms with Crippen molar-refractivity contribution >= 4 is 57.9 Å². The zero-order valence-corrected chi connectivity index (χ0v) is 8.23. The Morgan fingerprint density at radius 3 is 0.571 bits per heavy atom. The Balaban J connectivity index is 0. The van der Waals surface area contributed by atoms with Crippen LogP contribution in [0.15, 0.2) is 0 Å². The predicted octanol–water partition coefficient (Wildman–Crippen LogP) is -4.44. The zero-order valence-electron chi connectivity index (χ0n) is 4.08. The number of hydrogen-bond acceptors (Lipinski definition) is 0. The molecule has 0 aromatic carbocycles. The van der Waals surface area contributed by atoms with Gasteiger partial charge in [0.2, 0.25) is 0 Å². The summed E-state index contributed by atoms with van der Waals surface area (Å²) >= 11 is 0. The van der Waals surface area contributed by atoms with Gasteiger partial charge in [0, 0.05) is 57.9 Å². The van der Waals surface area contributed by atoms with Crippen molar-refractivity contribution in [3.63, 3.8) is 0 Å². The summed E-state index contributed by atoms with van der Waals surface area (Å²) in [5, 5.41) is 0. The van der Waals surface area contributed by atoms with Crippen molar-refractivity contribution in [2.75, 3.05) is 0 Å². The minimum Gasteiger partial charge on any atom is -0.412 e. The van der Waals surface area contributed by atoms with Crippen molar-refractivity contribution < 1.29 is 21.9 Å². The summed E-state index contributed by atoms with van der Waals surface area (Å²) in [7, 11) is 0. The average Bonchev–Trinajstić information content (AvgIpc) is 0. The normalized spacial score (nSPS) is 0. The topological polar surface area (TPSA) is 126 Å². The molecule has 40 valence electrons. The standard InChI is InChI=1S/Al.Na.4H2O.Si/h;;4*1H2;. The summed E-state index contributed by atoms with van der Waals surface area (Å²) < 4.78 is 0. The van der Waals surface area contributed by atoms with Gasteiger partial charge in [0.05, 0.1) is 0 Å². The molecule has 4 nitrogen and oxygen atoms in total. The van der Waals surface area contributed by atoms with Gasteiger partial charge in [0.1, 0.15) is 0 Å². The molecule has 8 radical (unpaired) electrons. The average molecular weight is 150 g/mol. The van der Waals surface area contributed by atoms with E-state index in [4.69, 9.17) is 0 Å².